The molecule has 1 rings (SSSR count). The fourth-order valence-corrected chi connectivity index (χ4v) is 1.36. The molecular formula is C8H14ClO. The van der Waals surface area contributed by atoms with Crippen LogP contribution < -0.4 is 0 Å². The zero-order chi connectivity index (χ0) is 7.23. The van der Waals surface area contributed by atoms with Crippen LogP contribution in [0.2, 0.25) is 0 Å². The number of hydrogen-bond donors (Lipinski definition) is 0. The Hall–Kier alpha value is 0.250. The molecule has 0 heterocycles. The monoisotopic (exact) mass is 161 g/mol. The van der Waals surface area contributed by atoms with Crippen LogP contribution in [0.25, 0.3) is 0 Å². The molecule has 1 aliphatic rings. The predicted octanol–water partition coefficient (Wildman–Crippen LogP) is 2.39. The van der Waals surface area contributed by atoms with E-state index in [1.807, 2.05) is 0 Å². The lowest BCUT2D eigenvalue weighted by molar-refractivity contribution is 0.0449. The van der Waals surface area contributed by atoms with Crippen LogP contribution in [-0.2, 0) is 4.74 Å². The van der Waals surface area contributed by atoms with Crippen LogP contribution in [0.15, 0.2) is 0 Å². The molecule has 1 radical (unpaired) electrons. The maximum absolute atomic E-state index is 5.49. The zero-order valence-corrected chi connectivity index (χ0v) is 6.94. The summed E-state index contributed by atoms with van der Waals surface area (Å²) >= 11 is 5.49. The molecule has 0 bridgehead atoms. The van der Waals surface area contributed by atoms with Crippen LogP contribution in [0, 0.1) is 6.42 Å². The van der Waals surface area contributed by atoms with Crippen molar-refractivity contribution in [2.24, 2.45) is 0 Å². The molecule has 0 atom stereocenters. The Balaban J connectivity index is 2.02. The molecule has 0 amide bonds. The molecule has 1 aliphatic carbocycles. The van der Waals surface area contributed by atoms with Gasteiger partial charge in [0.25, 0.3) is 0 Å². The van der Waals surface area contributed by atoms with Gasteiger partial charge in [-0.1, -0.05) is 0 Å². The molecule has 0 N–H and O–H groups in total. The van der Waals surface area contributed by atoms with Gasteiger partial charge in [-0.15, -0.1) is 11.6 Å². The summed E-state index contributed by atoms with van der Waals surface area (Å²) in [5.74, 6) is 0.625. The van der Waals surface area contributed by atoms with Crippen LogP contribution in [0.1, 0.15) is 25.7 Å². The van der Waals surface area contributed by atoms with Gasteiger partial charge in [-0.2, -0.15) is 0 Å². The van der Waals surface area contributed by atoms with E-state index >= 15 is 0 Å². The second-order valence-corrected chi connectivity index (χ2v) is 3.00. The highest BCUT2D eigenvalue weighted by Gasteiger charge is 2.12. The standard InChI is InChI=1S/C8H14ClO/c9-6-7-10-8-4-2-1-3-5-8/h1,8H,2-7H2. The Kier molecular flexibility index (Phi) is 4.15. The topological polar surface area (TPSA) is 9.23 Å². The van der Waals surface area contributed by atoms with Gasteiger partial charge >= 0.3 is 0 Å². The van der Waals surface area contributed by atoms with Gasteiger partial charge < -0.3 is 4.74 Å². The van der Waals surface area contributed by atoms with Gasteiger partial charge in [-0.25, -0.2) is 0 Å². The van der Waals surface area contributed by atoms with Crippen molar-refractivity contribution in [3.8, 4) is 0 Å². The summed E-state index contributed by atoms with van der Waals surface area (Å²) in [6.45, 7) is 0.715. The number of rotatable bonds is 3. The third kappa shape index (κ3) is 2.89. The van der Waals surface area contributed by atoms with E-state index in [1.165, 1.54) is 25.7 Å². The van der Waals surface area contributed by atoms with Crippen molar-refractivity contribution in [1.29, 1.82) is 0 Å². The van der Waals surface area contributed by atoms with Gasteiger partial charge in [0.05, 0.1) is 12.7 Å². The average molecular weight is 162 g/mol. The largest absolute Gasteiger partial charge is 0.377 e. The first-order chi connectivity index (χ1) is 4.93. The zero-order valence-electron chi connectivity index (χ0n) is 6.18. The van der Waals surface area contributed by atoms with E-state index in [1.54, 1.807) is 0 Å². The summed E-state index contributed by atoms with van der Waals surface area (Å²) in [6.07, 6.45) is 7.64. The van der Waals surface area contributed by atoms with Crippen molar-refractivity contribution < 1.29 is 4.74 Å². The van der Waals surface area contributed by atoms with Crippen LogP contribution in [0.5, 0.6) is 0 Å². The van der Waals surface area contributed by atoms with Gasteiger partial charge in [-0.05, 0) is 32.1 Å². The van der Waals surface area contributed by atoms with Crippen molar-refractivity contribution in [3.05, 3.63) is 6.42 Å². The number of halogens is 1. The van der Waals surface area contributed by atoms with E-state index in [0.29, 0.717) is 18.6 Å². The predicted molar refractivity (Wildman–Crippen MR) is 43.2 cm³/mol. The lowest BCUT2D eigenvalue weighted by Crippen LogP contribution is -2.17. The maximum atomic E-state index is 5.49. The lowest BCUT2D eigenvalue weighted by Gasteiger charge is -2.21. The van der Waals surface area contributed by atoms with Gasteiger partial charge in [0, 0.05) is 5.88 Å². The van der Waals surface area contributed by atoms with Crippen molar-refractivity contribution in [3.63, 3.8) is 0 Å². The van der Waals surface area contributed by atoms with Crippen LogP contribution in [0.4, 0.5) is 0 Å². The SMILES string of the molecule is ClCCOC1CC[CH]CC1. The lowest BCUT2D eigenvalue weighted by atomic mass is 9.98. The first kappa shape index (κ1) is 8.35. The third-order valence-electron chi connectivity index (χ3n) is 1.82. The summed E-state index contributed by atoms with van der Waals surface area (Å²) in [5, 5.41) is 0. The molecule has 10 heavy (non-hydrogen) atoms. The Morgan fingerprint density at radius 2 is 2.10 bits per heavy atom. The van der Waals surface area contributed by atoms with Crippen LogP contribution in [-0.4, -0.2) is 18.6 Å². The molecule has 0 aromatic heterocycles. The smallest absolute Gasteiger partial charge is 0.0605 e. The van der Waals surface area contributed by atoms with Crippen LogP contribution >= 0.6 is 11.6 Å². The molecule has 1 nitrogen and oxygen atoms in total. The van der Waals surface area contributed by atoms with Gasteiger partial charge in [-0.3, -0.25) is 0 Å². The van der Waals surface area contributed by atoms with Gasteiger partial charge in [0.1, 0.15) is 0 Å². The second kappa shape index (κ2) is 4.97. The van der Waals surface area contributed by atoms with E-state index in [9.17, 15) is 0 Å². The van der Waals surface area contributed by atoms with Crippen molar-refractivity contribution in [1.82, 2.24) is 0 Å². The fourth-order valence-electron chi connectivity index (χ4n) is 1.27. The minimum Gasteiger partial charge on any atom is -0.377 e. The average Bonchev–Trinajstić information content (AvgIpc) is 2.03. The first-order valence-electron chi connectivity index (χ1n) is 3.92. The summed E-state index contributed by atoms with van der Waals surface area (Å²) in [7, 11) is 0. The highest BCUT2D eigenvalue weighted by atomic mass is 35.5. The molecule has 0 aliphatic heterocycles. The van der Waals surface area contributed by atoms with Gasteiger partial charge in [0.15, 0.2) is 0 Å². The molecule has 0 aromatic carbocycles. The van der Waals surface area contributed by atoms with Crippen molar-refractivity contribution in [2.75, 3.05) is 12.5 Å². The summed E-state index contributed by atoms with van der Waals surface area (Å²) in [5.41, 5.74) is 0. The summed E-state index contributed by atoms with van der Waals surface area (Å²) < 4.78 is 5.48. The van der Waals surface area contributed by atoms with Gasteiger partial charge in [0.2, 0.25) is 0 Å². The molecular weight excluding hydrogens is 148 g/mol. The minimum absolute atomic E-state index is 0.490. The highest BCUT2D eigenvalue weighted by molar-refractivity contribution is 6.17. The molecule has 0 saturated heterocycles. The highest BCUT2D eigenvalue weighted by Crippen LogP contribution is 2.19. The maximum Gasteiger partial charge on any atom is 0.0605 e. The van der Waals surface area contributed by atoms with Crippen LogP contribution in [0.3, 0.4) is 0 Å². The first-order valence-corrected chi connectivity index (χ1v) is 4.46. The van der Waals surface area contributed by atoms with E-state index in [-0.39, 0.29) is 0 Å². The molecule has 0 aromatic rings. The van der Waals surface area contributed by atoms with Crippen molar-refractivity contribution >= 4 is 11.6 Å². The summed E-state index contributed by atoms with van der Waals surface area (Å²) in [4.78, 5) is 0. The molecule has 1 saturated carbocycles. The molecule has 59 valence electrons. The van der Waals surface area contributed by atoms with Crippen molar-refractivity contribution in [2.45, 2.75) is 31.8 Å². The van der Waals surface area contributed by atoms with E-state index in [4.69, 9.17) is 16.3 Å². The molecule has 2 heteroatoms. The molecule has 0 spiro atoms. The molecule has 0 unspecified atom stereocenters. The second-order valence-electron chi connectivity index (χ2n) is 2.63. The minimum atomic E-state index is 0.490. The van der Waals surface area contributed by atoms with E-state index in [2.05, 4.69) is 6.42 Å². The Morgan fingerprint density at radius 1 is 1.40 bits per heavy atom. The van der Waals surface area contributed by atoms with E-state index in [0.717, 1.165) is 0 Å². The van der Waals surface area contributed by atoms with E-state index < -0.39 is 0 Å². The fraction of sp³-hybridized carbons (Fsp3) is 0.875. The normalized spacial score (nSPS) is 21.3. The molecule has 1 fully saturated rings. The third-order valence-corrected chi connectivity index (χ3v) is 1.97. The Labute approximate surface area is 67.7 Å². The Morgan fingerprint density at radius 3 is 2.70 bits per heavy atom. The number of alkyl halides is 1. The quantitative estimate of drug-likeness (QED) is 0.578. The summed E-state index contributed by atoms with van der Waals surface area (Å²) in [6, 6.07) is 0. The number of ether oxygens (including phenoxy) is 1. The number of hydrogen-bond acceptors (Lipinski definition) is 1. The Bertz CT molecular complexity index is 79.3.